The molecule has 5 unspecified atom stereocenters. The second-order valence-electron chi connectivity index (χ2n) is 15.2. The van der Waals surface area contributed by atoms with E-state index in [-0.39, 0.29) is 32.0 Å². The van der Waals surface area contributed by atoms with Gasteiger partial charge in [0.25, 0.3) is 0 Å². The molecule has 3 aromatic carbocycles. The number of urea groups is 1. The van der Waals surface area contributed by atoms with Gasteiger partial charge in [0.15, 0.2) is 6.29 Å². The predicted molar refractivity (Wildman–Crippen MR) is 188 cm³/mol. The summed E-state index contributed by atoms with van der Waals surface area (Å²) in [5.74, 6) is -0.470. The molecular weight excluding hydrogens is 618 g/mol. The van der Waals surface area contributed by atoms with E-state index >= 15 is 0 Å². The number of benzene rings is 3. The van der Waals surface area contributed by atoms with Crippen molar-refractivity contribution >= 4 is 12.0 Å². The molecule has 0 aromatic heterocycles. The molecule has 3 fully saturated rings. The molecule has 2 saturated heterocycles. The average molecular weight is 670 g/mol. The van der Waals surface area contributed by atoms with E-state index in [1.165, 1.54) is 19.3 Å². The molecule has 2 aliphatic heterocycles. The van der Waals surface area contributed by atoms with Gasteiger partial charge in [-0.2, -0.15) is 0 Å². The molecule has 6 rings (SSSR count). The Morgan fingerprint density at radius 3 is 2.41 bits per heavy atom. The molecule has 49 heavy (non-hydrogen) atoms. The zero-order chi connectivity index (χ0) is 34.6. The van der Waals surface area contributed by atoms with E-state index in [0.29, 0.717) is 23.4 Å². The van der Waals surface area contributed by atoms with Gasteiger partial charge in [-0.05, 0) is 70.9 Å². The van der Waals surface area contributed by atoms with Gasteiger partial charge in [0.05, 0.1) is 25.4 Å². The summed E-state index contributed by atoms with van der Waals surface area (Å²) >= 11 is 0. The van der Waals surface area contributed by atoms with Gasteiger partial charge in [-0.1, -0.05) is 87.5 Å². The van der Waals surface area contributed by atoms with Gasteiger partial charge in [0.1, 0.15) is 6.54 Å². The van der Waals surface area contributed by atoms with Crippen molar-refractivity contribution in [3.05, 3.63) is 95.1 Å². The molecule has 0 radical (unpaired) electrons. The second kappa shape index (κ2) is 15.0. The lowest BCUT2D eigenvalue weighted by molar-refractivity contribution is -0.253. The summed E-state index contributed by atoms with van der Waals surface area (Å²) in [6, 6.07) is 24.6. The lowest BCUT2D eigenvalue weighted by Crippen LogP contribution is -2.42. The lowest BCUT2D eigenvalue weighted by Gasteiger charge is -2.41. The maximum absolute atomic E-state index is 12.2. The highest BCUT2D eigenvalue weighted by Crippen LogP contribution is 2.53. The number of aliphatic hydroxyl groups is 1. The maximum atomic E-state index is 12.2. The van der Waals surface area contributed by atoms with Crippen LogP contribution in [0.4, 0.5) is 4.79 Å². The number of amides is 2. The topological polar surface area (TPSA) is 109 Å². The molecule has 3 aliphatic rings. The van der Waals surface area contributed by atoms with Crippen molar-refractivity contribution in [3.8, 4) is 11.1 Å². The summed E-state index contributed by atoms with van der Waals surface area (Å²) in [5.41, 5.74) is 6.68. The molecule has 9 heteroatoms. The molecular formula is C40H51N3O6. The highest BCUT2D eigenvalue weighted by molar-refractivity contribution is 5.80. The van der Waals surface area contributed by atoms with Crippen molar-refractivity contribution in [3.63, 3.8) is 0 Å². The summed E-state index contributed by atoms with van der Waals surface area (Å²) in [4.78, 5) is 26.3. The monoisotopic (exact) mass is 669 g/mol. The van der Waals surface area contributed by atoms with Crippen LogP contribution in [0, 0.1) is 10.8 Å². The Hall–Kier alpha value is -3.76. The molecule has 2 amide bonds. The Morgan fingerprint density at radius 1 is 0.918 bits per heavy atom. The van der Waals surface area contributed by atoms with Crippen LogP contribution < -0.4 is 10.6 Å². The van der Waals surface area contributed by atoms with Gasteiger partial charge in [-0.3, -0.25) is 9.69 Å². The van der Waals surface area contributed by atoms with Crippen molar-refractivity contribution < 1.29 is 28.9 Å². The molecule has 1 aliphatic carbocycles. The third-order valence-electron chi connectivity index (χ3n) is 10.2. The van der Waals surface area contributed by atoms with Crippen LogP contribution >= 0.6 is 0 Å². The number of rotatable bonds is 11. The van der Waals surface area contributed by atoms with Gasteiger partial charge < -0.3 is 30.0 Å². The summed E-state index contributed by atoms with van der Waals surface area (Å²) in [6.07, 6.45) is 3.92. The number of ether oxygens (including phenoxy) is 3. The normalized spacial score (nSPS) is 26.2. The Balaban J connectivity index is 1.14. The van der Waals surface area contributed by atoms with Crippen LogP contribution in [-0.4, -0.2) is 60.4 Å². The Kier molecular flexibility index (Phi) is 10.7. The van der Waals surface area contributed by atoms with E-state index < -0.39 is 18.3 Å². The number of nitrogens with zero attached hydrogens (tertiary/aromatic N) is 1. The number of fused-ring (bicyclic) bond motifs is 2. The van der Waals surface area contributed by atoms with Gasteiger partial charge in [0, 0.05) is 37.7 Å². The van der Waals surface area contributed by atoms with Crippen LogP contribution in [-0.2, 0) is 32.2 Å². The summed E-state index contributed by atoms with van der Waals surface area (Å²) in [7, 11) is 0. The smallest absolute Gasteiger partial charge is 0.325 e. The van der Waals surface area contributed by atoms with Crippen molar-refractivity contribution in [2.24, 2.45) is 10.8 Å². The Morgan fingerprint density at radius 2 is 1.67 bits per heavy atom. The number of hydrogen-bond donors (Lipinski definition) is 3. The van der Waals surface area contributed by atoms with Crippen LogP contribution in [0.5, 0.6) is 0 Å². The second-order valence-corrected chi connectivity index (χ2v) is 15.2. The van der Waals surface area contributed by atoms with Gasteiger partial charge in [0.2, 0.25) is 0 Å². The average Bonchev–Trinajstić information content (AvgIpc) is 3.33. The maximum Gasteiger partial charge on any atom is 0.325 e. The minimum absolute atomic E-state index is 0.0177. The molecule has 1 saturated carbocycles. The van der Waals surface area contributed by atoms with Crippen LogP contribution in [0.25, 0.3) is 11.1 Å². The van der Waals surface area contributed by atoms with Crippen LogP contribution in [0.15, 0.2) is 72.8 Å². The number of carbonyl (C=O) groups is 2. The van der Waals surface area contributed by atoms with E-state index in [9.17, 15) is 14.7 Å². The fraction of sp³-hybridized carbons (Fsp3) is 0.500. The Bertz CT molecular complexity index is 1590. The first-order valence-corrected chi connectivity index (χ1v) is 17.6. The number of esters is 1. The van der Waals surface area contributed by atoms with Crippen LogP contribution in [0.3, 0.4) is 0 Å². The first-order valence-electron chi connectivity index (χ1n) is 17.6. The third kappa shape index (κ3) is 8.89. The third-order valence-corrected chi connectivity index (χ3v) is 10.2. The molecule has 5 atom stereocenters. The number of hydrogen-bond acceptors (Lipinski definition) is 7. The standard InChI is InChI=1S/C40H51N3O6/c1-5-47-36(45)22-42-38(46)41-21-28-7-6-8-32(17-28)29-13-15-31(16-14-29)37-48-34(18-35(49-37)30-11-9-27(24-44)10-12-30)23-43-26-40(4)20-33(43)19-39(2,3)25-40/h6-17,33-35,37,44H,5,18-26H2,1-4H3,(H2,41,42,46). The molecule has 2 heterocycles. The molecule has 3 aromatic rings. The molecule has 3 N–H and O–H groups in total. The minimum atomic E-state index is -0.507. The fourth-order valence-electron chi connectivity index (χ4n) is 8.39. The van der Waals surface area contributed by atoms with Gasteiger partial charge in [-0.25, -0.2) is 4.79 Å². The lowest BCUT2D eigenvalue weighted by atomic mass is 9.65. The van der Waals surface area contributed by atoms with Crippen molar-refractivity contribution in [1.29, 1.82) is 0 Å². The quantitative estimate of drug-likeness (QED) is 0.196. The largest absolute Gasteiger partial charge is 0.465 e. The highest BCUT2D eigenvalue weighted by atomic mass is 16.7. The van der Waals surface area contributed by atoms with Crippen molar-refractivity contribution in [2.45, 2.75) is 91.1 Å². The zero-order valence-electron chi connectivity index (χ0n) is 29.2. The molecule has 262 valence electrons. The first kappa shape index (κ1) is 35.1. The minimum Gasteiger partial charge on any atom is -0.465 e. The number of carbonyl (C=O) groups excluding carboxylic acids is 2. The summed E-state index contributed by atoms with van der Waals surface area (Å²) in [5, 5.41) is 14.9. The zero-order valence-corrected chi connectivity index (χ0v) is 29.2. The molecule has 0 spiro atoms. The Labute approximate surface area is 290 Å². The summed E-state index contributed by atoms with van der Waals surface area (Å²) in [6.45, 7) is 11.5. The van der Waals surface area contributed by atoms with E-state index in [4.69, 9.17) is 14.2 Å². The summed E-state index contributed by atoms with van der Waals surface area (Å²) < 4.78 is 18.3. The van der Waals surface area contributed by atoms with Gasteiger partial charge >= 0.3 is 12.0 Å². The van der Waals surface area contributed by atoms with Crippen molar-refractivity contribution in [1.82, 2.24) is 15.5 Å². The van der Waals surface area contributed by atoms with Gasteiger partial charge in [-0.15, -0.1) is 0 Å². The number of aliphatic hydroxyl groups excluding tert-OH is 1. The van der Waals surface area contributed by atoms with E-state index in [1.54, 1.807) is 6.92 Å². The number of likely N-dealkylation sites (tertiary alicyclic amines) is 1. The van der Waals surface area contributed by atoms with Crippen molar-refractivity contribution in [2.75, 3.05) is 26.2 Å². The highest BCUT2D eigenvalue weighted by Gasteiger charge is 2.50. The van der Waals surface area contributed by atoms with E-state index in [2.05, 4.69) is 72.7 Å². The molecule has 9 nitrogen and oxygen atoms in total. The molecule has 2 bridgehead atoms. The SMILES string of the molecule is CCOC(=O)CNC(=O)NCc1cccc(-c2ccc(C3OC(CN4CC5(C)CC4CC(C)(C)C5)CC(c4ccc(CO)cc4)O3)cc2)c1. The predicted octanol–water partition coefficient (Wildman–Crippen LogP) is 6.65. The first-order chi connectivity index (χ1) is 23.5. The van der Waals surface area contributed by atoms with E-state index in [1.807, 2.05) is 36.4 Å². The van der Waals surface area contributed by atoms with E-state index in [0.717, 1.165) is 52.9 Å². The number of nitrogens with one attached hydrogen (secondary N) is 2. The van der Waals surface area contributed by atoms with Crippen LogP contribution in [0.2, 0.25) is 0 Å². The van der Waals surface area contributed by atoms with Crippen LogP contribution in [0.1, 0.15) is 88.0 Å². The fourth-order valence-corrected chi connectivity index (χ4v) is 8.39.